The number of anilines is 2. The molecule has 0 radical (unpaired) electrons. The number of imide groups is 2. The number of benzene rings is 3. The number of carbonyl (C=O) groups excluding carboxylic acids is 6. The third-order valence-electron chi connectivity index (χ3n) is 13.2. The number of nitrogens with zero attached hydrogens (tertiary/aromatic N) is 5. The molecule has 5 aliphatic rings. The number of carbonyl (C=O) groups is 6. The van der Waals surface area contributed by atoms with Gasteiger partial charge in [-0.05, 0) is 73.2 Å². The first kappa shape index (κ1) is 38.2. The standard InChI is InChI=1S/C45H46N8O6/c1-5-25-20-32-33(45(2,3)41-39(40(32)56)30-9-6-26(46-4)22-34(30)48-41)23-36(25)51-14-12-28(13-15-51)50-16-18-52(19-17-50)38(55)24-47-27-7-8-29-31(21-27)44(59)53(43(29)58)35-10-11-37(54)49-42(35)57/h6-9,20-23,28,35,47-48H,5,10-19,24H2,1-3H3,(H,49,54,57). The van der Waals surface area contributed by atoms with Gasteiger partial charge in [0.2, 0.25) is 17.7 Å². The van der Waals surface area contributed by atoms with Crippen molar-refractivity contribution in [2.45, 2.75) is 70.4 Å². The van der Waals surface area contributed by atoms with Gasteiger partial charge in [0.25, 0.3) is 11.8 Å². The number of nitrogens with one attached hydrogen (secondary N) is 3. The number of rotatable bonds is 7. The zero-order valence-corrected chi connectivity index (χ0v) is 33.4. The fourth-order valence-electron chi connectivity index (χ4n) is 9.82. The van der Waals surface area contributed by atoms with Gasteiger partial charge in [0, 0.05) is 90.7 Å². The Labute approximate surface area is 341 Å². The average Bonchev–Trinajstić information content (AvgIpc) is 3.76. The quantitative estimate of drug-likeness (QED) is 0.177. The number of amides is 5. The van der Waals surface area contributed by atoms with Gasteiger partial charge >= 0.3 is 0 Å². The Hall–Kier alpha value is -6.33. The van der Waals surface area contributed by atoms with Gasteiger partial charge in [0.05, 0.1) is 29.8 Å². The fraction of sp³-hybridized carbons (Fsp3) is 0.400. The van der Waals surface area contributed by atoms with Gasteiger partial charge in [-0.2, -0.15) is 0 Å². The summed E-state index contributed by atoms with van der Waals surface area (Å²) in [4.78, 5) is 92.6. The van der Waals surface area contributed by atoms with Crippen LogP contribution in [0.2, 0.25) is 0 Å². The Balaban J connectivity index is 0.801. The second kappa shape index (κ2) is 14.5. The summed E-state index contributed by atoms with van der Waals surface area (Å²) in [6.07, 6.45) is 2.93. The largest absolute Gasteiger partial charge is 0.376 e. The number of aromatic nitrogens is 1. The maximum Gasteiger partial charge on any atom is 0.262 e. The number of ketones is 1. The van der Waals surface area contributed by atoms with Gasteiger partial charge < -0.3 is 20.1 Å². The van der Waals surface area contributed by atoms with Crippen LogP contribution in [0.1, 0.15) is 99.9 Å². The summed E-state index contributed by atoms with van der Waals surface area (Å²) in [5, 5.41) is 6.18. The number of piperidine rings is 2. The molecule has 1 atom stereocenters. The van der Waals surface area contributed by atoms with Crippen LogP contribution in [0, 0.1) is 6.57 Å². The summed E-state index contributed by atoms with van der Waals surface area (Å²) in [6, 6.07) is 13.9. The Morgan fingerprint density at radius 2 is 1.63 bits per heavy atom. The third kappa shape index (κ3) is 6.35. The van der Waals surface area contributed by atoms with E-state index < -0.39 is 35.1 Å². The van der Waals surface area contributed by atoms with Gasteiger partial charge in [-0.25, -0.2) is 4.85 Å². The van der Waals surface area contributed by atoms with Gasteiger partial charge in [0.15, 0.2) is 11.5 Å². The molecule has 5 heterocycles. The topological polar surface area (TPSA) is 160 Å². The lowest BCUT2D eigenvalue weighted by Gasteiger charge is -2.44. The number of aromatic amines is 1. The average molecular weight is 795 g/mol. The maximum absolute atomic E-state index is 14.1. The zero-order chi connectivity index (χ0) is 41.3. The minimum absolute atomic E-state index is 0.0296. The van der Waals surface area contributed by atoms with E-state index in [9.17, 15) is 28.8 Å². The highest BCUT2D eigenvalue weighted by molar-refractivity contribution is 6.24. The summed E-state index contributed by atoms with van der Waals surface area (Å²) in [7, 11) is 0. The molecule has 9 rings (SSSR count). The Bertz CT molecular complexity index is 2530. The SMILES string of the molecule is [C-]#[N+]c1ccc2c3c([nH]c2c1)C(C)(C)c1cc(N2CCC(N4CCN(C(=O)CNc5ccc6c(c5)C(=O)N(C5CCC(=O)NC5=O)C6=O)CC4)CC2)c(CC)cc1C3=O. The third-order valence-corrected chi connectivity index (χ3v) is 13.2. The molecule has 0 bridgehead atoms. The second-order valence-corrected chi connectivity index (χ2v) is 16.7. The van der Waals surface area contributed by atoms with E-state index in [1.165, 1.54) is 17.3 Å². The van der Waals surface area contributed by atoms with E-state index in [1.54, 1.807) is 18.2 Å². The fourth-order valence-corrected chi connectivity index (χ4v) is 9.82. The van der Waals surface area contributed by atoms with Crippen molar-refractivity contribution in [3.05, 3.63) is 99.0 Å². The first-order chi connectivity index (χ1) is 28.4. The van der Waals surface area contributed by atoms with Gasteiger partial charge in [-0.3, -0.25) is 43.9 Å². The number of H-pyrrole nitrogens is 1. The zero-order valence-electron chi connectivity index (χ0n) is 33.4. The van der Waals surface area contributed by atoms with Crippen LogP contribution in [0.25, 0.3) is 15.7 Å². The molecule has 1 unspecified atom stereocenters. The molecular formula is C45H46N8O6. The van der Waals surface area contributed by atoms with Gasteiger partial charge in [-0.15, -0.1) is 0 Å². The molecule has 1 aliphatic carbocycles. The van der Waals surface area contributed by atoms with E-state index in [0.717, 1.165) is 78.1 Å². The molecule has 5 amide bonds. The molecular weight excluding hydrogens is 749 g/mol. The summed E-state index contributed by atoms with van der Waals surface area (Å²) in [6.45, 7) is 18.5. The van der Waals surface area contributed by atoms with E-state index in [-0.39, 0.29) is 42.2 Å². The lowest BCUT2D eigenvalue weighted by molar-refractivity contribution is -0.136. The Kier molecular flexibility index (Phi) is 9.38. The van der Waals surface area contributed by atoms with Gasteiger partial charge in [0.1, 0.15) is 6.04 Å². The van der Waals surface area contributed by atoms with E-state index in [4.69, 9.17) is 6.57 Å². The maximum atomic E-state index is 14.1. The predicted molar refractivity (Wildman–Crippen MR) is 221 cm³/mol. The minimum atomic E-state index is -1.03. The molecule has 14 heteroatoms. The highest BCUT2D eigenvalue weighted by Gasteiger charge is 2.45. The molecule has 4 aromatic rings. The monoisotopic (exact) mass is 794 g/mol. The molecule has 59 heavy (non-hydrogen) atoms. The summed E-state index contributed by atoms with van der Waals surface area (Å²) < 4.78 is 0. The van der Waals surface area contributed by atoms with E-state index in [2.05, 4.69) is 63.2 Å². The molecule has 3 saturated heterocycles. The lowest BCUT2D eigenvalue weighted by atomic mass is 9.70. The first-order valence-corrected chi connectivity index (χ1v) is 20.5. The molecule has 0 spiro atoms. The lowest BCUT2D eigenvalue weighted by Crippen LogP contribution is -2.55. The van der Waals surface area contributed by atoms with Gasteiger partial charge in [-0.1, -0.05) is 32.9 Å². The number of fused-ring (bicyclic) bond motifs is 5. The summed E-state index contributed by atoms with van der Waals surface area (Å²) in [5.74, 6) is -2.27. The summed E-state index contributed by atoms with van der Waals surface area (Å²) in [5.41, 5.74) is 7.52. The molecule has 14 nitrogen and oxygen atoms in total. The van der Waals surface area contributed by atoms with Crippen LogP contribution in [0.15, 0.2) is 48.5 Å². The number of piperazine rings is 1. The number of hydrogen-bond acceptors (Lipinski definition) is 9. The smallest absolute Gasteiger partial charge is 0.262 e. The molecule has 0 saturated carbocycles. The molecule has 1 aromatic heterocycles. The van der Waals surface area contributed by atoms with Crippen LogP contribution in [0.5, 0.6) is 0 Å². The molecule has 3 aromatic carbocycles. The normalized spacial score (nSPS) is 20.7. The van der Waals surface area contributed by atoms with E-state index in [0.29, 0.717) is 36.1 Å². The van der Waals surface area contributed by atoms with Crippen LogP contribution in [-0.2, 0) is 26.2 Å². The van der Waals surface area contributed by atoms with E-state index in [1.807, 2.05) is 17.0 Å². The van der Waals surface area contributed by atoms with Crippen molar-refractivity contribution in [3.8, 4) is 0 Å². The number of aryl methyl sites for hydroxylation is 1. The second-order valence-electron chi connectivity index (χ2n) is 16.7. The Morgan fingerprint density at radius 3 is 2.34 bits per heavy atom. The van der Waals surface area contributed by atoms with Crippen LogP contribution in [-0.4, -0.2) is 113 Å². The van der Waals surface area contributed by atoms with Crippen molar-refractivity contribution >= 4 is 63.3 Å². The molecule has 3 N–H and O–H groups in total. The van der Waals surface area contributed by atoms with Crippen LogP contribution in [0.3, 0.4) is 0 Å². The molecule has 3 fully saturated rings. The van der Waals surface area contributed by atoms with Crippen LogP contribution < -0.4 is 15.5 Å². The molecule has 302 valence electrons. The highest BCUT2D eigenvalue weighted by Crippen LogP contribution is 2.46. The first-order valence-electron chi connectivity index (χ1n) is 20.5. The predicted octanol–water partition coefficient (Wildman–Crippen LogP) is 4.78. The number of hydrogen-bond donors (Lipinski definition) is 3. The van der Waals surface area contributed by atoms with Crippen molar-refractivity contribution in [1.29, 1.82) is 0 Å². The molecule has 4 aliphatic heterocycles. The van der Waals surface area contributed by atoms with Crippen molar-refractivity contribution in [2.24, 2.45) is 0 Å². The van der Waals surface area contributed by atoms with Crippen LogP contribution >= 0.6 is 0 Å². The van der Waals surface area contributed by atoms with Crippen LogP contribution in [0.4, 0.5) is 17.1 Å². The minimum Gasteiger partial charge on any atom is -0.376 e. The van der Waals surface area contributed by atoms with E-state index >= 15 is 0 Å². The highest BCUT2D eigenvalue weighted by atomic mass is 16.2. The van der Waals surface area contributed by atoms with Crippen molar-refractivity contribution in [3.63, 3.8) is 0 Å². The van der Waals surface area contributed by atoms with Crippen molar-refractivity contribution in [1.82, 2.24) is 25.0 Å². The summed E-state index contributed by atoms with van der Waals surface area (Å²) >= 11 is 0. The Morgan fingerprint density at radius 1 is 0.881 bits per heavy atom. The van der Waals surface area contributed by atoms with Crippen molar-refractivity contribution < 1.29 is 28.8 Å². The van der Waals surface area contributed by atoms with Crippen molar-refractivity contribution in [2.75, 3.05) is 56.0 Å².